The van der Waals surface area contributed by atoms with Crippen LogP contribution in [0.3, 0.4) is 0 Å². The quantitative estimate of drug-likeness (QED) is 0.798. The van der Waals surface area contributed by atoms with E-state index in [-0.39, 0.29) is 0 Å². The van der Waals surface area contributed by atoms with Crippen molar-refractivity contribution >= 4 is 15.9 Å². The van der Waals surface area contributed by atoms with E-state index in [2.05, 4.69) is 30.9 Å². The molecular weight excluding hydrogens is 261 g/mol. The smallest absolute Gasteiger partial charge is 0.178 e. The van der Waals surface area contributed by atoms with Gasteiger partial charge in [0.05, 0.1) is 18.1 Å². The molecule has 76 valence electrons. The standard InChI is InChI=1S/C10H7BrFN3/c1-6-8(11)2-3-9(15-6)10-13-4-7(12)5-14-10/h2-5H,1H3. The predicted octanol–water partition coefficient (Wildman–Crippen LogP) is 2.75. The summed E-state index contributed by atoms with van der Waals surface area (Å²) in [6.07, 6.45) is 2.25. The lowest BCUT2D eigenvalue weighted by Gasteiger charge is -2.01. The van der Waals surface area contributed by atoms with Crippen molar-refractivity contribution in [1.29, 1.82) is 0 Å². The van der Waals surface area contributed by atoms with Gasteiger partial charge < -0.3 is 0 Å². The number of aryl methyl sites for hydroxylation is 1. The highest BCUT2D eigenvalue weighted by atomic mass is 79.9. The fourth-order valence-electron chi connectivity index (χ4n) is 1.11. The highest BCUT2D eigenvalue weighted by Gasteiger charge is 2.04. The summed E-state index contributed by atoms with van der Waals surface area (Å²) in [7, 11) is 0. The van der Waals surface area contributed by atoms with Crippen LogP contribution in [0.4, 0.5) is 4.39 Å². The van der Waals surface area contributed by atoms with Gasteiger partial charge in [-0.15, -0.1) is 0 Å². The summed E-state index contributed by atoms with van der Waals surface area (Å²) >= 11 is 3.35. The van der Waals surface area contributed by atoms with E-state index in [0.29, 0.717) is 11.5 Å². The number of rotatable bonds is 1. The second-order valence-corrected chi connectivity index (χ2v) is 3.84. The lowest BCUT2D eigenvalue weighted by Crippen LogP contribution is -1.94. The third kappa shape index (κ3) is 2.18. The molecule has 15 heavy (non-hydrogen) atoms. The van der Waals surface area contributed by atoms with Crippen LogP contribution >= 0.6 is 15.9 Å². The first-order valence-corrected chi connectivity index (χ1v) is 5.07. The predicted molar refractivity (Wildman–Crippen MR) is 57.7 cm³/mol. The number of hydrogen-bond acceptors (Lipinski definition) is 3. The first kappa shape index (κ1) is 10.2. The van der Waals surface area contributed by atoms with Crippen LogP contribution < -0.4 is 0 Å². The summed E-state index contributed by atoms with van der Waals surface area (Å²) in [5.41, 5.74) is 1.48. The van der Waals surface area contributed by atoms with E-state index in [1.807, 2.05) is 13.0 Å². The fourth-order valence-corrected chi connectivity index (χ4v) is 1.33. The van der Waals surface area contributed by atoms with Gasteiger partial charge in [0, 0.05) is 4.47 Å². The third-order valence-electron chi connectivity index (χ3n) is 1.87. The van der Waals surface area contributed by atoms with Crippen molar-refractivity contribution in [3.05, 3.63) is 40.5 Å². The van der Waals surface area contributed by atoms with Gasteiger partial charge in [-0.05, 0) is 35.0 Å². The molecule has 0 radical (unpaired) electrons. The van der Waals surface area contributed by atoms with Crippen LogP contribution in [0, 0.1) is 12.7 Å². The van der Waals surface area contributed by atoms with Crippen LogP contribution in [-0.4, -0.2) is 15.0 Å². The van der Waals surface area contributed by atoms with E-state index in [9.17, 15) is 4.39 Å². The Balaban J connectivity index is 2.45. The van der Waals surface area contributed by atoms with Crippen molar-refractivity contribution in [3.8, 4) is 11.5 Å². The Bertz CT molecular complexity index is 485. The van der Waals surface area contributed by atoms with Gasteiger partial charge in [0.25, 0.3) is 0 Å². The highest BCUT2D eigenvalue weighted by Crippen LogP contribution is 2.18. The summed E-state index contributed by atoms with van der Waals surface area (Å²) in [6, 6.07) is 3.65. The minimum Gasteiger partial charge on any atom is -0.249 e. The molecule has 0 saturated heterocycles. The summed E-state index contributed by atoms with van der Waals surface area (Å²) in [5, 5.41) is 0. The van der Waals surface area contributed by atoms with Crippen molar-refractivity contribution in [2.45, 2.75) is 6.92 Å². The molecule has 5 heteroatoms. The molecule has 2 rings (SSSR count). The lowest BCUT2D eigenvalue weighted by atomic mass is 10.3. The molecule has 0 atom stereocenters. The summed E-state index contributed by atoms with van der Waals surface area (Å²) in [4.78, 5) is 12.0. The third-order valence-corrected chi connectivity index (χ3v) is 2.71. The molecule has 2 aromatic rings. The van der Waals surface area contributed by atoms with E-state index in [1.54, 1.807) is 6.07 Å². The molecule has 0 aliphatic rings. The molecule has 0 unspecified atom stereocenters. The fraction of sp³-hybridized carbons (Fsp3) is 0.100. The number of hydrogen-bond donors (Lipinski definition) is 0. The van der Waals surface area contributed by atoms with Gasteiger partial charge in [-0.1, -0.05) is 0 Å². The molecule has 0 aliphatic heterocycles. The van der Waals surface area contributed by atoms with Crippen molar-refractivity contribution in [1.82, 2.24) is 15.0 Å². The molecule has 3 nitrogen and oxygen atoms in total. The number of nitrogens with zero attached hydrogens (tertiary/aromatic N) is 3. The normalized spacial score (nSPS) is 10.3. The molecule has 0 saturated carbocycles. The summed E-state index contributed by atoms with van der Waals surface area (Å²) < 4.78 is 13.5. The molecule has 0 amide bonds. The maximum atomic E-state index is 12.6. The van der Waals surface area contributed by atoms with Crippen molar-refractivity contribution in [2.75, 3.05) is 0 Å². The minimum atomic E-state index is -0.451. The van der Waals surface area contributed by atoms with E-state index < -0.39 is 5.82 Å². The monoisotopic (exact) mass is 267 g/mol. The molecular formula is C10H7BrFN3. The van der Waals surface area contributed by atoms with Crippen LogP contribution in [0.25, 0.3) is 11.5 Å². The summed E-state index contributed by atoms with van der Waals surface area (Å²) in [5.74, 6) is -0.0282. The Kier molecular flexibility index (Phi) is 2.73. The maximum Gasteiger partial charge on any atom is 0.178 e. The minimum absolute atomic E-state index is 0.423. The van der Waals surface area contributed by atoms with Gasteiger partial charge in [0.15, 0.2) is 11.6 Å². The van der Waals surface area contributed by atoms with E-state index >= 15 is 0 Å². The zero-order valence-electron chi connectivity index (χ0n) is 7.91. The van der Waals surface area contributed by atoms with Crippen molar-refractivity contribution < 1.29 is 4.39 Å². The Morgan fingerprint density at radius 1 is 1.20 bits per heavy atom. The Morgan fingerprint density at radius 3 is 2.47 bits per heavy atom. The van der Waals surface area contributed by atoms with Crippen molar-refractivity contribution in [3.63, 3.8) is 0 Å². The van der Waals surface area contributed by atoms with Crippen LogP contribution in [0.1, 0.15) is 5.69 Å². The van der Waals surface area contributed by atoms with E-state index in [0.717, 1.165) is 22.6 Å². The molecule has 0 aromatic carbocycles. The first-order valence-electron chi connectivity index (χ1n) is 4.28. The van der Waals surface area contributed by atoms with Crippen LogP contribution in [0.15, 0.2) is 29.0 Å². The largest absolute Gasteiger partial charge is 0.249 e. The highest BCUT2D eigenvalue weighted by molar-refractivity contribution is 9.10. The number of pyridine rings is 1. The van der Waals surface area contributed by atoms with Crippen molar-refractivity contribution in [2.24, 2.45) is 0 Å². The molecule has 0 N–H and O–H groups in total. The van der Waals surface area contributed by atoms with Gasteiger partial charge in [0.2, 0.25) is 0 Å². The topological polar surface area (TPSA) is 38.7 Å². The Labute approximate surface area is 94.5 Å². The molecule has 0 spiro atoms. The second kappa shape index (κ2) is 4.02. The Morgan fingerprint density at radius 2 is 1.87 bits per heavy atom. The van der Waals surface area contributed by atoms with Gasteiger partial charge in [-0.2, -0.15) is 0 Å². The maximum absolute atomic E-state index is 12.6. The van der Waals surface area contributed by atoms with Crippen LogP contribution in [-0.2, 0) is 0 Å². The molecule has 2 heterocycles. The average Bonchev–Trinajstić information content (AvgIpc) is 2.23. The Hall–Kier alpha value is -1.36. The van der Waals surface area contributed by atoms with Gasteiger partial charge in [-0.25, -0.2) is 19.3 Å². The lowest BCUT2D eigenvalue weighted by molar-refractivity contribution is 0.614. The number of aromatic nitrogens is 3. The zero-order valence-corrected chi connectivity index (χ0v) is 9.49. The van der Waals surface area contributed by atoms with Crippen LogP contribution in [0.5, 0.6) is 0 Å². The first-order chi connectivity index (χ1) is 7.16. The van der Waals surface area contributed by atoms with E-state index in [4.69, 9.17) is 0 Å². The van der Waals surface area contributed by atoms with E-state index in [1.165, 1.54) is 0 Å². The molecule has 0 fully saturated rings. The summed E-state index contributed by atoms with van der Waals surface area (Å²) in [6.45, 7) is 1.87. The SMILES string of the molecule is Cc1nc(-c2ncc(F)cn2)ccc1Br. The van der Waals surface area contributed by atoms with Crippen LogP contribution in [0.2, 0.25) is 0 Å². The molecule has 0 aliphatic carbocycles. The van der Waals surface area contributed by atoms with Gasteiger partial charge >= 0.3 is 0 Å². The number of halogens is 2. The van der Waals surface area contributed by atoms with Gasteiger partial charge in [0.1, 0.15) is 5.69 Å². The van der Waals surface area contributed by atoms with Gasteiger partial charge in [-0.3, -0.25) is 0 Å². The second-order valence-electron chi connectivity index (χ2n) is 2.99. The average molecular weight is 268 g/mol. The molecule has 2 aromatic heterocycles. The zero-order chi connectivity index (χ0) is 10.8. The molecule has 0 bridgehead atoms.